The molecule has 0 heterocycles. The standard InChI is InChI=1S/C27H25N3O2.ClH/c28-27(29-23-14-16-25(17-15-23)31-19-21-8-3-1-4-9-21)30-24-12-7-13-26(18-24)32-20-22-10-5-2-6-11-22;/h1-18H,19-20H2,(H3,28,29,30);1H. The van der Waals surface area contributed by atoms with Crippen molar-refractivity contribution < 1.29 is 9.47 Å². The van der Waals surface area contributed by atoms with Gasteiger partial charge >= 0.3 is 0 Å². The second-order valence-corrected chi connectivity index (χ2v) is 7.19. The minimum atomic E-state index is 0. The molecule has 0 aliphatic heterocycles. The minimum Gasteiger partial charge on any atom is -0.489 e. The summed E-state index contributed by atoms with van der Waals surface area (Å²) in [6.07, 6.45) is 0. The van der Waals surface area contributed by atoms with E-state index in [2.05, 4.69) is 10.3 Å². The summed E-state index contributed by atoms with van der Waals surface area (Å²) >= 11 is 0. The van der Waals surface area contributed by atoms with E-state index in [4.69, 9.17) is 15.2 Å². The molecule has 0 saturated carbocycles. The molecule has 0 radical (unpaired) electrons. The highest BCUT2D eigenvalue weighted by atomic mass is 35.5. The number of aliphatic imine (C=N–C) groups is 1. The molecule has 0 spiro atoms. The number of rotatable bonds is 8. The Bertz CT molecular complexity index is 1150. The molecule has 0 saturated heterocycles. The fraction of sp³-hybridized carbons (Fsp3) is 0.0741. The van der Waals surface area contributed by atoms with E-state index in [9.17, 15) is 0 Å². The summed E-state index contributed by atoms with van der Waals surface area (Å²) in [5, 5.41) is 3.11. The Morgan fingerprint density at radius 3 is 1.85 bits per heavy atom. The second kappa shape index (κ2) is 12.2. The van der Waals surface area contributed by atoms with Crippen LogP contribution in [0.5, 0.6) is 11.5 Å². The Balaban J connectivity index is 0.00000306. The van der Waals surface area contributed by atoms with Crippen LogP contribution in [0, 0.1) is 0 Å². The number of nitrogens with two attached hydrogens (primary N) is 1. The fourth-order valence-electron chi connectivity index (χ4n) is 3.08. The summed E-state index contributed by atoms with van der Waals surface area (Å²) < 4.78 is 11.7. The van der Waals surface area contributed by atoms with Gasteiger partial charge in [0.1, 0.15) is 24.7 Å². The van der Waals surface area contributed by atoms with Crippen LogP contribution in [0.25, 0.3) is 0 Å². The molecule has 0 amide bonds. The number of hydrogen-bond acceptors (Lipinski definition) is 3. The van der Waals surface area contributed by atoms with E-state index in [1.165, 1.54) is 0 Å². The van der Waals surface area contributed by atoms with Gasteiger partial charge in [-0.25, -0.2) is 4.99 Å². The first kappa shape index (κ1) is 23.7. The second-order valence-electron chi connectivity index (χ2n) is 7.19. The zero-order chi connectivity index (χ0) is 22.0. The summed E-state index contributed by atoms with van der Waals surface area (Å²) in [5.41, 5.74) is 9.87. The lowest BCUT2D eigenvalue weighted by Crippen LogP contribution is -2.21. The first-order chi connectivity index (χ1) is 15.7. The van der Waals surface area contributed by atoms with Gasteiger partial charge in [0, 0.05) is 11.8 Å². The van der Waals surface area contributed by atoms with Crippen molar-refractivity contribution in [1.29, 1.82) is 0 Å². The van der Waals surface area contributed by atoms with E-state index >= 15 is 0 Å². The number of ether oxygens (including phenoxy) is 2. The summed E-state index contributed by atoms with van der Waals surface area (Å²) in [5.74, 6) is 1.83. The largest absolute Gasteiger partial charge is 0.489 e. The predicted molar refractivity (Wildman–Crippen MR) is 137 cm³/mol. The summed E-state index contributed by atoms with van der Waals surface area (Å²) in [6, 6.07) is 35.2. The maximum Gasteiger partial charge on any atom is 0.198 e. The van der Waals surface area contributed by atoms with Crippen LogP contribution in [0.4, 0.5) is 11.4 Å². The number of anilines is 1. The minimum absolute atomic E-state index is 0. The van der Waals surface area contributed by atoms with Gasteiger partial charge in [-0.2, -0.15) is 0 Å². The molecule has 0 aliphatic rings. The molecular weight excluding hydrogens is 434 g/mol. The smallest absolute Gasteiger partial charge is 0.198 e. The number of guanidine groups is 1. The van der Waals surface area contributed by atoms with E-state index in [0.29, 0.717) is 19.2 Å². The summed E-state index contributed by atoms with van der Waals surface area (Å²) in [4.78, 5) is 4.42. The van der Waals surface area contributed by atoms with E-state index in [0.717, 1.165) is 34.0 Å². The average molecular weight is 460 g/mol. The van der Waals surface area contributed by atoms with Crippen molar-refractivity contribution in [2.75, 3.05) is 5.32 Å². The van der Waals surface area contributed by atoms with Crippen LogP contribution in [0.1, 0.15) is 11.1 Å². The monoisotopic (exact) mass is 459 g/mol. The summed E-state index contributed by atoms with van der Waals surface area (Å²) in [6.45, 7) is 1.03. The Morgan fingerprint density at radius 1 is 0.667 bits per heavy atom. The lowest BCUT2D eigenvalue weighted by atomic mass is 10.2. The van der Waals surface area contributed by atoms with Crippen LogP contribution in [-0.4, -0.2) is 5.96 Å². The van der Waals surface area contributed by atoms with E-state index < -0.39 is 0 Å². The van der Waals surface area contributed by atoms with Gasteiger partial charge in [-0.3, -0.25) is 0 Å². The van der Waals surface area contributed by atoms with Gasteiger partial charge in [-0.15, -0.1) is 12.4 Å². The lowest BCUT2D eigenvalue weighted by molar-refractivity contribution is 0.306. The zero-order valence-corrected chi connectivity index (χ0v) is 18.9. The molecule has 4 aromatic rings. The molecule has 0 atom stereocenters. The molecule has 5 nitrogen and oxygen atoms in total. The Hall–Kier alpha value is -3.96. The van der Waals surface area contributed by atoms with Gasteiger partial charge in [0.25, 0.3) is 0 Å². The van der Waals surface area contributed by atoms with Gasteiger partial charge in [-0.1, -0.05) is 66.7 Å². The highest BCUT2D eigenvalue weighted by Crippen LogP contribution is 2.21. The third-order valence-corrected chi connectivity index (χ3v) is 4.69. The van der Waals surface area contributed by atoms with Gasteiger partial charge < -0.3 is 20.5 Å². The number of hydrogen-bond donors (Lipinski definition) is 2. The highest BCUT2D eigenvalue weighted by Gasteiger charge is 2.01. The van der Waals surface area contributed by atoms with Gasteiger partial charge in [0.15, 0.2) is 5.96 Å². The number of benzene rings is 4. The summed E-state index contributed by atoms with van der Waals surface area (Å²) in [7, 11) is 0. The number of nitrogens with one attached hydrogen (secondary N) is 1. The van der Waals surface area contributed by atoms with Crippen molar-refractivity contribution in [3.63, 3.8) is 0 Å². The molecule has 0 unspecified atom stereocenters. The van der Waals surface area contributed by atoms with Crippen LogP contribution in [0.15, 0.2) is 114 Å². The van der Waals surface area contributed by atoms with Gasteiger partial charge in [0.2, 0.25) is 0 Å². The molecule has 168 valence electrons. The van der Waals surface area contributed by atoms with E-state index in [1.807, 2.05) is 109 Å². The van der Waals surface area contributed by atoms with Crippen LogP contribution in [-0.2, 0) is 13.2 Å². The maximum atomic E-state index is 6.09. The Morgan fingerprint density at radius 2 is 1.24 bits per heavy atom. The van der Waals surface area contributed by atoms with Crippen molar-refractivity contribution in [3.8, 4) is 11.5 Å². The Labute approximate surface area is 200 Å². The molecule has 4 aromatic carbocycles. The predicted octanol–water partition coefficient (Wildman–Crippen LogP) is 6.32. The van der Waals surface area contributed by atoms with Gasteiger partial charge in [0.05, 0.1) is 5.69 Å². The van der Waals surface area contributed by atoms with Crippen LogP contribution in [0.3, 0.4) is 0 Å². The van der Waals surface area contributed by atoms with E-state index in [-0.39, 0.29) is 12.4 Å². The van der Waals surface area contributed by atoms with E-state index in [1.54, 1.807) is 0 Å². The zero-order valence-electron chi connectivity index (χ0n) is 18.1. The molecule has 6 heteroatoms. The molecular formula is C27H26ClN3O2. The average Bonchev–Trinajstić information content (AvgIpc) is 2.84. The molecule has 0 bridgehead atoms. The normalized spacial score (nSPS) is 10.7. The SMILES string of the molecule is Cl.NC(=Nc1ccc(OCc2ccccc2)cc1)Nc1cccc(OCc2ccccc2)c1. The number of nitrogens with zero attached hydrogens (tertiary/aromatic N) is 1. The molecule has 3 N–H and O–H groups in total. The third-order valence-electron chi connectivity index (χ3n) is 4.69. The van der Waals surface area contributed by atoms with Crippen molar-refractivity contribution in [1.82, 2.24) is 0 Å². The topological polar surface area (TPSA) is 68.9 Å². The Kier molecular flexibility index (Phi) is 8.74. The molecule has 0 fully saturated rings. The molecule has 0 aliphatic carbocycles. The fourth-order valence-corrected chi connectivity index (χ4v) is 3.08. The van der Waals surface area contributed by atoms with Crippen LogP contribution in [0.2, 0.25) is 0 Å². The van der Waals surface area contributed by atoms with Crippen molar-refractivity contribution in [2.24, 2.45) is 10.7 Å². The van der Waals surface area contributed by atoms with Crippen LogP contribution < -0.4 is 20.5 Å². The molecule has 4 rings (SSSR count). The van der Waals surface area contributed by atoms with Gasteiger partial charge in [-0.05, 0) is 47.5 Å². The van der Waals surface area contributed by atoms with Crippen LogP contribution >= 0.6 is 12.4 Å². The third kappa shape index (κ3) is 7.59. The lowest BCUT2D eigenvalue weighted by Gasteiger charge is -2.10. The first-order valence-corrected chi connectivity index (χ1v) is 10.4. The molecule has 0 aromatic heterocycles. The highest BCUT2D eigenvalue weighted by molar-refractivity contribution is 5.94. The first-order valence-electron chi connectivity index (χ1n) is 10.4. The van der Waals surface area contributed by atoms with Crippen molar-refractivity contribution in [3.05, 3.63) is 120 Å². The number of halogens is 1. The maximum absolute atomic E-state index is 6.09. The quantitative estimate of drug-likeness (QED) is 0.239. The molecule has 33 heavy (non-hydrogen) atoms. The van der Waals surface area contributed by atoms with Crippen molar-refractivity contribution in [2.45, 2.75) is 13.2 Å². The van der Waals surface area contributed by atoms with Crippen molar-refractivity contribution >= 4 is 29.7 Å².